The number of rotatable bonds is 12. The highest BCUT2D eigenvalue weighted by molar-refractivity contribution is 5.85. The first-order valence-electron chi connectivity index (χ1n) is 12.4. The van der Waals surface area contributed by atoms with Crippen molar-refractivity contribution in [1.82, 2.24) is 21.2 Å². The van der Waals surface area contributed by atoms with E-state index in [-0.39, 0.29) is 32.3 Å². The van der Waals surface area contributed by atoms with Crippen molar-refractivity contribution in [2.24, 2.45) is 0 Å². The normalized spacial score (nSPS) is 17.8. The fourth-order valence-corrected chi connectivity index (χ4v) is 3.42. The van der Waals surface area contributed by atoms with Gasteiger partial charge in [0.2, 0.25) is 0 Å². The van der Waals surface area contributed by atoms with Crippen molar-refractivity contribution in [3.05, 3.63) is 35.9 Å². The van der Waals surface area contributed by atoms with Gasteiger partial charge < -0.3 is 19.6 Å². The van der Waals surface area contributed by atoms with Gasteiger partial charge in [-0.15, -0.1) is 0 Å². The van der Waals surface area contributed by atoms with E-state index < -0.39 is 29.7 Å². The molecule has 0 bridgehead atoms. The maximum absolute atomic E-state index is 12.8. The molecule has 1 saturated heterocycles. The minimum atomic E-state index is -0.752. The molecule has 1 aromatic carbocycles. The average molecular weight is 509 g/mol. The summed E-state index contributed by atoms with van der Waals surface area (Å²) in [7, 11) is 0. The second-order valence-electron chi connectivity index (χ2n) is 9.55. The number of alkyl carbamates (subject to hydrolysis) is 1. The first kappa shape index (κ1) is 29.3. The zero-order valence-electron chi connectivity index (χ0n) is 21.7. The number of amides is 3. The van der Waals surface area contributed by atoms with Crippen LogP contribution in [0.15, 0.2) is 30.3 Å². The number of carbonyl (C=O) groups excluding carboxylic acids is 3. The van der Waals surface area contributed by atoms with Crippen LogP contribution in [0, 0.1) is 0 Å². The summed E-state index contributed by atoms with van der Waals surface area (Å²) in [5.74, 6) is -0.460. The SMILES string of the molecule is CCCCON[C@@H]1CC[C@@H](C(=O)NOCCNC(=O)OCc2ccccc2)N(C(=O)OC(C)(C)C)C1. The highest BCUT2D eigenvalue weighted by Crippen LogP contribution is 2.21. The monoisotopic (exact) mass is 508 g/mol. The van der Waals surface area contributed by atoms with E-state index in [1.54, 1.807) is 20.8 Å². The molecular weight excluding hydrogens is 468 g/mol. The van der Waals surface area contributed by atoms with Crippen molar-refractivity contribution >= 4 is 18.1 Å². The van der Waals surface area contributed by atoms with Crippen LogP contribution in [0.2, 0.25) is 0 Å². The van der Waals surface area contributed by atoms with E-state index in [1.807, 2.05) is 30.3 Å². The van der Waals surface area contributed by atoms with Crippen LogP contribution in [0.5, 0.6) is 0 Å². The van der Waals surface area contributed by atoms with Gasteiger partial charge in [0.25, 0.3) is 5.91 Å². The molecule has 0 saturated carbocycles. The van der Waals surface area contributed by atoms with E-state index in [4.69, 9.17) is 19.1 Å². The number of unbranched alkanes of at least 4 members (excludes halogenated alkanes) is 1. The minimum absolute atomic E-state index is 0.0286. The smallest absolute Gasteiger partial charge is 0.411 e. The maximum atomic E-state index is 12.8. The predicted octanol–water partition coefficient (Wildman–Crippen LogP) is 3.05. The fraction of sp³-hybridized carbons (Fsp3) is 0.640. The molecule has 1 fully saturated rings. The molecule has 3 N–H and O–H groups in total. The third kappa shape index (κ3) is 11.2. The van der Waals surface area contributed by atoms with E-state index in [1.165, 1.54) is 4.90 Å². The minimum Gasteiger partial charge on any atom is -0.445 e. The van der Waals surface area contributed by atoms with Crippen LogP contribution >= 0.6 is 0 Å². The molecule has 0 unspecified atom stereocenters. The number of nitrogens with zero attached hydrogens (tertiary/aromatic N) is 1. The Balaban J connectivity index is 1.76. The van der Waals surface area contributed by atoms with Gasteiger partial charge in [-0.3, -0.25) is 14.5 Å². The summed E-state index contributed by atoms with van der Waals surface area (Å²) in [5.41, 5.74) is 5.54. The third-order valence-corrected chi connectivity index (χ3v) is 5.22. The van der Waals surface area contributed by atoms with Crippen LogP contribution in [0.25, 0.3) is 0 Å². The van der Waals surface area contributed by atoms with Gasteiger partial charge >= 0.3 is 12.2 Å². The maximum Gasteiger partial charge on any atom is 0.411 e. The predicted molar refractivity (Wildman–Crippen MR) is 132 cm³/mol. The number of benzene rings is 1. The Morgan fingerprint density at radius 3 is 2.50 bits per heavy atom. The summed E-state index contributed by atoms with van der Waals surface area (Å²) >= 11 is 0. The number of piperidine rings is 1. The Morgan fingerprint density at radius 2 is 1.81 bits per heavy atom. The molecule has 1 aromatic rings. The quantitative estimate of drug-likeness (QED) is 0.290. The number of nitrogens with one attached hydrogen (secondary N) is 3. The Morgan fingerprint density at radius 1 is 1.06 bits per heavy atom. The van der Waals surface area contributed by atoms with Crippen molar-refractivity contribution in [1.29, 1.82) is 0 Å². The van der Waals surface area contributed by atoms with E-state index >= 15 is 0 Å². The lowest BCUT2D eigenvalue weighted by Crippen LogP contribution is -2.58. The zero-order chi connectivity index (χ0) is 26.4. The standard InChI is InChI=1S/C25H40N4O7/c1-5-6-15-34-27-20-12-13-21(29(17-20)24(32)36-25(2,3)4)22(30)28-35-16-14-26-23(31)33-18-19-10-8-7-9-11-19/h7-11,20-21,27H,5-6,12-18H2,1-4H3,(H,26,31)(H,28,30)/t20-,21+/m1/s1. The number of hydrogen-bond acceptors (Lipinski definition) is 8. The highest BCUT2D eigenvalue weighted by Gasteiger charge is 2.38. The third-order valence-electron chi connectivity index (χ3n) is 5.22. The molecule has 1 aliphatic rings. The molecule has 1 aliphatic heterocycles. The molecule has 1 heterocycles. The molecule has 2 rings (SSSR count). The van der Waals surface area contributed by atoms with Crippen LogP contribution in [0.1, 0.15) is 58.9 Å². The summed E-state index contributed by atoms with van der Waals surface area (Å²) in [4.78, 5) is 49.5. The summed E-state index contributed by atoms with van der Waals surface area (Å²) in [6.45, 7) is 8.55. The average Bonchev–Trinajstić information content (AvgIpc) is 2.84. The molecule has 202 valence electrons. The Hall–Kier alpha value is -2.89. The number of likely N-dealkylation sites (tertiary alicyclic amines) is 1. The van der Waals surface area contributed by atoms with Gasteiger partial charge in [-0.1, -0.05) is 43.7 Å². The second kappa shape index (κ2) is 15.3. The molecule has 2 atom stereocenters. The molecule has 0 aliphatic carbocycles. The second-order valence-corrected chi connectivity index (χ2v) is 9.55. The molecule has 0 spiro atoms. The van der Waals surface area contributed by atoms with Crippen molar-refractivity contribution in [2.75, 3.05) is 26.3 Å². The summed E-state index contributed by atoms with van der Waals surface area (Å²) in [6.07, 6.45) is 1.83. The molecule has 0 radical (unpaired) electrons. The van der Waals surface area contributed by atoms with Crippen LogP contribution in [-0.4, -0.2) is 67.0 Å². The first-order valence-corrected chi connectivity index (χ1v) is 12.4. The van der Waals surface area contributed by atoms with Crippen LogP contribution in [0.4, 0.5) is 9.59 Å². The Bertz CT molecular complexity index is 816. The highest BCUT2D eigenvalue weighted by atomic mass is 16.7. The molecule has 0 aromatic heterocycles. The van der Waals surface area contributed by atoms with Gasteiger partial charge in [0.1, 0.15) is 18.2 Å². The van der Waals surface area contributed by atoms with Gasteiger partial charge in [0.15, 0.2) is 0 Å². The number of ether oxygens (including phenoxy) is 2. The lowest BCUT2D eigenvalue weighted by Gasteiger charge is -2.39. The number of hydroxylamine groups is 2. The summed E-state index contributed by atoms with van der Waals surface area (Å²) < 4.78 is 10.6. The van der Waals surface area contributed by atoms with Crippen LogP contribution in [0.3, 0.4) is 0 Å². The number of carbonyl (C=O) groups is 3. The first-order chi connectivity index (χ1) is 17.2. The Labute approximate surface area is 213 Å². The fourth-order valence-electron chi connectivity index (χ4n) is 3.42. The van der Waals surface area contributed by atoms with E-state index in [9.17, 15) is 14.4 Å². The zero-order valence-corrected chi connectivity index (χ0v) is 21.7. The topological polar surface area (TPSA) is 127 Å². The van der Waals surface area contributed by atoms with E-state index in [0.29, 0.717) is 19.4 Å². The molecule has 3 amide bonds. The lowest BCUT2D eigenvalue weighted by atomic mass is 9.98. The molecule has 36 heavy (non-hydrogen) atoms. The Kier molecular flexibility index (Phi) is 12.4. The van der Waals surface area contributed by atoms with Crippen molar-refractivity contribution in [3.8, 4) is 0 Å². The largest absolute Gasteiger partial charge is 0.445 e. The molecule has 11 nitrogen and oxygen atoms in total. The van der Waals surface area contributed by atoms with Gasteiger partial charge in [0, 0.05) is 13.1 Å². The molecular formula is C25H40N4O7. The van der Waals surface area contributed by atoms with Gasteiger partial charge in [0.05, 0.1) is 19.3 Å². The van der Waals surface area contributed by atoms with Gasteiger partial charge in [-0.05, 0) is 45.6 Å². The van der Waals surface area contributed by atoms with Gasteiger partial charge in [-0.2, -0.15) is 5.48 Å². The molecule has 11 heteroatoms. The van der Waals surface area contributed by atoms with Crippen molar-refractivity contribution in [2.45, 2.75) is 77.7 Å². The number of hydrogen-bond donors (Lipinski definition) is 3. The van der Waals surface area contributed by atoms with E-state index in [2.05, 4.69) is 23.2 Å². The van der Waals surface area contributed by atoms with Gasteiger partial charge in [-0.25, -0.2) is 15.1 Å². The summed E-state index contributed by atoms with van der Waals surface area (Å²) in [6, 6.07) is 8.45. The van der Waals surface area contributed by atoms with Crippen molar-refractivity contribution in [3.63, 3.8) is 0 Å². The van der Waals surface area contributed by atoms with Crippen molar-refractivity contribution < 1.29 is 33.5 Å². The van der Waals surface area contributed by atoms with E-state index in [0.717, 1.165) is 18.4 Å². The van der Waals surface area contributed by atoms with Crippen LogP contribution in [-0.2, 0) is 30.6 Å². The van der Waals surface area contributed by atoms with Crippen LogP contribution < -0.4 is 16.3 Å². The summed E-state index contributed by atoms with van der Waals surface area (Å²) in [5, 5.41) is 2.55. The lowest BCUT2D eigenvalue weighted by molar-refractivity contribution is -0.141.